The molecule has 0 N–H and O–H groups in total. The molecule has 0 aliphatic rings. The lowest BCUT2D eigenvalue weighted by Gasteiger charge is -2.08. The molecular formula is C16H20. The van der Waals surface area contributed by atoms with Gasteiger partial charge in [-0.3, -0.25) is 0 Å². The van der Waals surface area contributed by atoms with E-state index < -0.39 is 0 Å². The van der Waals surface area contributed by atoms with Crippen LogP contribution in [0.15, 0.2) is 48.6 Å². The Kier molecular flexibility index (Phi) is 4.30. The molecule has 84 valence electrons. The molecule has 1 aromatic rings. The maximum atomic E-state index is 4.12. The zero-order valence-electron chi connectivity index (χ0n) is 10.7. The predicted octanol–water partition coefficient (Wildman–Crippen LogP) is 4.84. The van der Waals surface area contributed by atoms with Crippen LogP contribution in [0.4, 0.5) is 0 Å². The van der Waals surface area contributed by atoms with E-state index >= 15 is 0 Å². The zero-order chi connectivity index (χ0) is 12.1. The van der Waals surface area contributed by atoms with Crippen LogP contribution >= 0.6 is 0 Å². The molecular weight excluding hydrogens is 192 g/mol. The smallest absolute Gasteiger partial charge is 0.0158 e. The summed E-state index contributed by atoms with van der Waals surface area (Å²) in [6.07, 6.45) is 6.27. The van der Waals surface area contributed by atoms with Gasteiger partial charge in [0.25, 0.3) is 0 Å². The van der Waals surface area contributed by atoms with Crippen LogP contribution in [0.1, 0.15) is 30.5 Å². The molecule has 0 aliphatic heterocycles. The van der Waals surface area contributed by atoms with Crippen LogP contribution in [0.25, 0.3) is 5.57 Å². The lowest BCUT2D eigenvalue weighted by atomic mass is 9.97. The van der Waals surface area contributed by atoms with Crippen LogP contribution in [0, 0.1) is 13.8 Å². The number of aryl methyl sites for hydroxylation is 1. The first kappa shape index (κ1) is 12.5. The Bertz CT molecular complexity index is 445. The summed E-state index contributed by atoms with van der Waals surface area (Å²) in [5, 5.41) is 0. The van der Waals surface area contributed by atoms with Crippen molar-refractivity contribution in [2.75, 3.05) is 0 Å². The summed E-state index contributed by atoms with van der Waals surface area (Å²) in [5.74, 6) is 0. The lowest BCUT2D eigenvalue weighted by molar-refractivity contribution is 1.32. The van der Waals surface area contributed by atoms with Gasteiger partial charge in [0.15, 0.2) is 0 Å². The van der Waals surface area contributed by atoms with Gasteiger partial charge < -0.3 is 0 Å². The van der Waals surface area contributed by atoms with Crippen LogP contribution in [0.3, 0.4) is 0 Å². The standard InChI is InChI=1S/C16H20/c1-6-12(2)10-11-14(4)16-9-7-8-13(3)15(16)5/h6-11H,4H2,1-3,5H3/b11-10-,12-6+. The topological polar surface area (TPSA) is 0 Å². The first-order valence-corrected chi connectivity index (χ1v) is 5.62. The molecule has 0 fully saturated rings. The molecule has 0 nitrogen and oxygen atoms in total. The Morgan fingerprint density at radius 1 is 1.19 bits per heavy atom. The van der Waals surface area contributed by atoms with E-state index in [9.17, 15) is 0 Å². The molecule has 0 bridgehead atoms. The van der Waals surface area contributed by atoms with Crippen LogP contribution in [0.5, 0.6) is 0 Å². The predicted molar refractivity (Wildman–Crippen MR) is 73.5 cm³/mol. The second-order valence-corrected chi connectivity index (χ2v) is 4.14. The van der Waals surface area contributed by atoms with Gasteiger partial charge in [-0.05, 0) is 50.0 Å². The summed E-state index contributed by atoms with van der Waals surface area (Å²) in [5.41, 5.74) is 6.19. The van der Waals surface area contributed by atoms with Gasteiger partial charge in [-0.15, -0.1) is 0 Å². The van der Waals surface area contributed by atoms with Gasteiger partial charge in [0, 0.05) is 0 Å². The van der Waals surface area contributed by atoms with Crippen LogP contribution < -0.4 is 0 Å². The molecule has 0 aromatic heterocycles. The molecule has 1 aromatic carbocycles. The molecule has 0 atom stereocenters. The minimum Gasteiger partial charge on any atom is -0.0911 e. The number of hydrogen-bond donors (Lipinski definition) is 0. The third-order valence-corrected chi connectivity index (χ3v) is 2.95. The minimum absolute atomic E-state index is 1.07. The number of rotatable bonds is 3. The van der Waals surface area contributed by atoms with Gasteiger partial charge in [0.2, 0.25) is 0 Å². The largest absolute Gasteiger partial charge is 0.0911 e. The first-order chi connectivity index (χ1) is 7.56. The fraction of sp³-hybridized carbons (Fsp3) is 0.250. The molecule has 0 saturated carbocycles. The monoisotopic (exact) mass is 212 g/mol. The number of allylic oxidation sites excluding steroid dienone is 5. The Balaban J connectivity index is 2.98. The maximum Gasteiger partial charge on any atom is -0.0158 e. The summed E-state index contributed by atoms with van der Waals surface area (Å²) < 4.78 is 0. The maximum absolute atomic E-state index is 4.12. The second kappa shape index (κ2) is 5.50. The van der Waals surface area contributed by atoms with Gasteiger partial charge in [0.1, 0.15) is 0 Å². The normalized spacial score (nSPS) is 12.1. The van der Waals surface area contributed by atoms with Crippen LogP contribution in [-0.2, 0) is 0 Å². The van der Waals surface area contributed by atoms with Crippen molar-refractivity contribution >= 4 is 5.57 Å². The van der Waals surface area contributed by atoms with Crippen molar-refractivity contribution in [2.24, 2.45) is 0 Å². The third-order valence-electron chi connectivity index (χ3n) is 2.95. The van der Waals surface area contributed by atoms with Gasteiger partial charge >= 0.3 is 0 Å². The molecule has 0 amide bonds. The van der Waals surface area contributed by atoms with E-state index in [1.807, 2.05) is 6.92 Å². The zero-order valence-corrected chi connectivity index (χ0v) is 10.7. The van der Waals surface area contributed by atoms with E-state index in [1.165, 1.54) is 22.3 Å². The molecule has 0 radical (unpaired) electrons. The highest BCUT2D eigenvalue weighted by Gasteiger charge is 2.01. The van der Waals surface area contributed by atoms with Crippen molar-refractivity contribution in [1.29, 1.82) is 0 Å². The van der Waals surface area contributed by atoms with Crippen molar-refractivity contribution in [3.63, 3.8) is 0 Å². The van der Waals surface area contributed by atoms with Crippen molar-refractivity contribution in [3.8, 4) is 0 Å². The van der Waals surface area contributed by atoms with E-state index in [0.29, 0.717) is 0 Å². The van der Waals surface area contributed by atoms with Crippen molar-refractivity contribution < 1.29 is 0 Å². The highest BCUT2D eigenvalue weighted by molar-refractivity contribution is 5.75. The molecule has 0 unspecified atom stereocenters. The Morgan fingerprint density at radius 3 is 2.50 bits per heavy atom. The molecule has 16 heavy (non-hydrogen) atoms. The number of benzene rings is 1. The Labute approximate surface area is 99.0 Å². The van der Waals surface area contributed by atoms with Crippen molar-refractivity contribution in [1.82, 2.24) is 0 Å². The number of hydrogen-bond acceptors (Lipinski definition) is 0. The SMILES string of the molecule is C=C(/C=C\C(C)=C\C)c1cccc(C)c1C. The Morgan fingerprint density at radius 2 is 1.88 bits per heavy atom. The molecule has 0 heterocycles. The fourth-order valence-electron chi connectivity index (χ4n) is 1.52. The summed E-state index contributed by atoms with van der Waals surface area (Å²) in [6, 6.07) is 6.34. The van der Waals surface area contributed by atoms with E-state index in [1.54, 1.807) is 0 Å². The van der Waals surface area contributed by atoms with Gasteiger partial charge in [0.05, 0.1) is 0 Å². The van der Waals surface area contributed by atoms with Crippen molar-refractivity contribution in [2.45, 2.75) is 27.7 Å². The van der Waals surface area contributed by atoms with Gasteiger partial charge in [-0.25, -0.2) is 0 Å². The molecule has 0 aliphatic carbocycles. The average molecular weight is 212 g/mol. The Hall–Kier alpha value is -1.56. The van der Waals surface area contributed by atoms with Crippen molar-refractivity contribution in [3.05, 3.63) is 65.3 Å². The molecule has 0 heteroatoms. The summed E-state index contributed by atoms with van der Waals surface area (Å²) in [6.45, 7) is 12.5. The van der Waals surface area contributed by atoms with Gasteiger partial charge in [-0.1, -0.05) is 48.6 Å². The van der Waals surface area contributed by atoms with Crippen LogP contribution in [0.2, 0.25) is 0 Å². The van der Waals surface area contributed by atoms with E-state index in [-0.39, 0.29) is 0 Å². The average Bonchev–Trinajstić information content (AvgIpc) is 2.29. The highest BCUT2D eigenvalue weighted by Crippen LogP contribution is 2.21. The minimum atomic E-state index is 1.07. The lowest BCUT2D eigenvalue weighted by Crippen LogP contribution is -1.88. The van der Waals surface area contributed by atoms with E-state index in [4.69, 9.17) is 0 Å². The quantitative estimate of drug-likeness (QED) is 0.629. The first-order valence-electron chi connectivity index (χ1n) is 5.62. The summed E-state index contributed by atoms with van der Waals surface area (Å²) in [4.78, 5) is 0. The third kappa shape index (κ3) is 2.96. The van der Waals surface area contributed by atoms with E-state index in [2.05, 4.69) is 63.8 Å². The van der Waals surface area contributed by atoms with Gasteiger partial charge in [-0.2, -0.15) is 0 Å². The van der Waals surface area contributed by atoms with Crippen LogP contribution in [-0.4, -0.2) is 0 Å². The molecule has 0 spiro atoms. The summed E-state index contributed by atoms with van der Waals surface area (Å²) in [7, 11) is 0. The fourth-order valence-corrected chi connectivity index (χ4v) is 1.52. The van der Waals surface area contributed by atoms with E-state index in [0.717, 1.165) is 5.57 Å². The molecule has 0 saturated heterocycles. The second-order valence-electron chi connectivity index (χ2n) is 4.14. The molecule has 1 rings (SSSR count). The summed E-state index contributed by atoms with van der Waals surface area (Å²) >= 11 is 0. The highest BCUT2D eigenvalue weighted by atomic mass is 14.1.